The Morgan fingerprint density at radius 1 is 1.28 bits per heavy atom. The van der Waals surface area contributed by atoms with Crippen LogP contribution in [0, 0.1) is 5.92 Å². The third-order valence-corrected chi connectivity index (χ3v) is 4.37. The summed E-state index contributed by atoms with van der Waals surface area (Å²) in [6.45, 7) is 5.64. The van der Waals surface area contributed by atoms with Crippen molar-refractivity contribution in [3.63, 3.8) is 0 Å². The third-order valence-electron chi connectivity index (χ3n) is 4.12. The van der Waals surface area contributed by atoms with Gasteiger partial charge in [-0.25, -0.2) is 0 Å². The van der Waals surface area contributed by atoms with Crippen LogP contribution in [0.2, 0.25) is 5.02 Å². The molecule has 0 spiro atoms. The van der Waals surface area contributed by atoms with E-state index in [1.807, 2.05) is 12.1 Å². The molecule has 0 bridgehead atoms. The lowest BCUT2D eigenvalue weighted by Crippen LogP contribution is -2.55. The second-order valence-corrected chi connectivity index (χ2v) is 6.21. The molecule has 0 aromatic heterocycles. The van der Waals surface area contributed by atoms with Crippen molar-refractivity contribution in [3.05, 3.63) is 34.9 Å². The van der Waals surface area contributed by atoms with E-state index in [0.29, 0.717) is 6.04 Å². The van der Waals surface area contributed by atoms with Crippen molar-refractivity contribution in [2.45, 2.75) is 38.4 Å². The van der Waals surface area contributed by atoms with E-state index in [2.05, 4.69) is 29.3 Å². The summed E-state index contributed by atoms with van der Waals surface area (Å²) < 4.78 is 0. The standard InChI is InChI=1S/C15H21ClN2/c1-11-9-18(15(8-17-11)13-4-5-13)10-12-2-6-14(16)7-3-12/h2-3,6-7,11,13,15,17H,4-5,8-10H2,1H3. The number of benzene rings is 1. The van der Waals surface area contributed by atoms with Crippen LogP contribution in [-0.4, -0.2) is 30.1 Å². The normalized spacial score (nSPS) is 29.4. The van der Waals surface area contributed by atoms with Gasteiger partial charge in [-0.15, -0.1) is 0 Å². The summed E-state index contributed by atoms with van der Waals surface area (Å²) in [5.74, 6) is 0.928. The lowest BCUT2D eigenvalue weighted by atomic mass is 10.0. The Morgan fingerprint density at radius 2 is 2.00 bits per heavy atom. The Kier molecular flexibility index (Phi) is 3.60. The maximum absolute atomic E-state index is 5.94. The minimum Gasteiger partial charge on any atom is -0.311 e. The Bertz CT molecular complexity index is 399. The van der Waals surface area contributed by atoms with Gasteiger partial charge >= 0.3 is 0 Å². The zero-order valence-corrected chi connectivity index (χ0v) is 11.7. The molecular formula is C15H21ClN2. The predicted octanol–water partition coefficient (Wildman–Crippen LogP) is 2.91. The molecule has 3 heteroatoms. The van der Waals surface area contributed by atoms with Crippen LogP contribution < -0.4 is 5.32 Å². The Balaban J connectivity index is 1.69. The minimum absolute atomic E-state index is 0.604. The monoisotopic (exact) mass is 264 g/mol. The van der Waals surface area contributed by atoms with Crippen LogP contribution in [0.5, 0.6) is 0 Å². The number of hydrogen-bond donors (Lipinski definition) is 1. The summed E-state index contributed by atoms with van der Waals surface area (Å²) >= 11 is 5.94. The molecule has 1 aromatic carbocycles. The largest absolute Gasteiger partial charge is 0.311 e. The fourth-order valence-electron chi connectivity index (χ4n) is 2.95. The van der Waals surface area contributed by atoms with E-state index >= 15 is 0 Å². The van der Waals surface area contributed by atoms with Crippen molar-refractivity contribution >= 4 is 11.6 Å². The smallest absolute Gasteiger partial charge is 0.0406 e. The second kappa shape index (κ2) is 5.20. The van der Waals surface area contributed by atoms with Gasteiger partial charge in [0.15, 0.2) is 0 Å². The van der Waals surface area contributed by atoms with E-state index in [-0.39, 0.29) is 0 Å². The van der Waals surface area contributed by atoms with Crippen molar-refractivity contribution in [2.24, 2.45) is 5.92 Å². The van der Waals surface area contributed by atoms with E-state index in [1.165, 1.54) is 18.4 Å². The van der Waals surface area contributed by atoms with Crippen LogP contribution >= 0.6 is 11.6 Å². The molecule has 98 valence electrons. The molecular weight excluding hydrogens is 244 g/mol. The van der Waals surface area contributed by atoms with Gasteiger partial charge in [0.1, 0.15) is 0 Å². The third kappa shape index (κ3) is 2.87. The zero-order valence-electron chi connectivity index (χ0n) is 10.9. The highest BCUT2D eigenvalue weighted by atomic mass is 35.5. The number of hydrogen-bond acceptors (Lipinski definition) is 2. The van der Waals surface area contributed by atoms with Crippen LogP contribution in [0.25, 0.3) is 0 Å². The molecule has 3 rings (SSSR count). The number of rotatable bonds is 3. The van der Waals surface area contributed by atoms with Crippen molar-refractivity contribution in [2.75, 3.05) is 13.1 Å². The summed E-state index contributed by atoms with van der Waals surface area (Å²) in [4.78, 5) is 2.65. The first kappa shape index (κ1) is 12.5. The summed E-state index contributed by atoms with van der Waals surface area (Å²) in [5.41, 5.74) is 1.37. The first-order chi connectivity index (χ1) is 8.72. The number of piperazine rings is 1. The maximum atomic E-state index is 5.94. The second-order valence-electron chi connectivity index (χ2n) is 5.77. The fraction of sp³-hybridized carbons (Fsp3) is 0.600. The average molecular weight is 265 g/mol. The Hall–Kier alpha value is -0.570. The summed E-state index contributed by atoms with van der Waals surface area (Å²) in [6.07, 6.45) is 2.83. The van der Waals surface area contributed by atoms with E-state index < -0.39 is 0 Å². The molecule has 1 aliphatic heterocycles. The maximum Gasteiger partial charge on any atom is 0.0406 e. The molecule has 1 heterocycles. The lowest BCUT2D eigenvalue weighted by molar-refractivity contribution is 0.112. The molecule has 1 saturated heterocycles. The van der Waals surface area contributed by atoms with Crippen LogP contribution in [0.15, 0.2) is 24.3 Å². The molecule has 2 fully saturated rings. The molecule has 2 atom stereocenters. The lowest BCUT2D eigenvalue weighted by Gasteiger charge is -2.39. The number of nitrogens with one attached hydrogen (secondary N) is 1. The van der Waals surface area contributed by atoms with Crippen molar-refractivity contribution in [1.29, 1.82) is 0 Å². The highest BCUT2D eigenvalue weighted by Gasteiger charge is 2.37. The number of nitrogens with zero attached hydrogens (tertiary/aromatic N) is 1. The summed E-state index contributed by atoms with van der Waals surface area (Å²) in [6, 6.07) is 9.63. The van der Waals surface area contributed by atoms with Gasteiger partial charge in [-0.1, -0.05) is 23.7 Å². The molecule has 2 nitrogen and oxygen atoms in total. The van der Waals surface area contributed by atoms with Gasteiger partial charge in [-0.2, -0.15) is 0 Å². The van der Waals surface area contributed by atoms with Crippen LogP contribution in [0.3, 0.4) is 0 Å². The SMILES string of the molecule is CC1CN(Cc2ccc(Cl)cc2)C(C2CC2)CN1. The Labute approximate surface area is 114 Å². The van der Waals surface area contributed by atoms with Crippen LogP contribution in [0.1, 0.15) is 25.3 Å². The zero-order chi connectivity index (χ0) is 12.5. The van der Waals surface area contributed by atoms with Crippen LogP contribution in [0.4, 0.5) is 0 Å². The first-order valence-corrected chi connectivity index (χ1v) is 7.32. The summed E-state index contributed by atoms with van der Waals surface area (Å²) in [7, 11) is 0. The van der Waals surface area contributed by atoms with Gasteiger partial charge in [0.2, 0.25) is 0 Å². The van der Waals surface area contributed by atoms with E-state index in [0.717, 1.165) is 36.6 Å². The molecule has 0 amide bonds. The number of halogens is 1. The molecule has 0 radical (unpaired) electrons. The quantitative estimate of drug-likeness (QED) is 0.903. The van der Waals surface area contributed by atoms with Crippen molar-refractivity contribution in [1.82, 2.24) is 10.2 Å². The van der Waals surface area contributed by atoms with Gasteiger partial charge in [0, 0.05) is 36.7 Å². The fourth-order valence-corrected chi connectivity index (χ4v) is 3.08. The highest BCUT2D eigenvalue weighted by molar-refractivity contribution is 6.30. The van der Waals surface area contributed by atoms with Gasteiger partial charge in [0.05, 0.1) is 0 Å². The van der Waals surface area contributed by atoms with Gasteiger partial charge in [0.25, 0.3) is 0 Å². The molecule has 1 aromatic rings. The van der Waals surface area contributed by atoms with E-state index in [9.17, 15) is 0 Å². The molecule has 1 aliphatic carbocycles. The molecule has 1 saturated carbocycles. The Morgan fingerprint density at radius 3 is 2.67 bits per heavy atom. The minimum atomic E-state index is 0.604. The predicted molar refractivity (Wildman–Crippen MR) is 75.8 cm³/mol. The average Bonchev–Trinajstić information content (AvgIpc) is 3.17. The molecule has 1 N–H and O–H groups in total. The highest BCUT2D eigenvalue weighted by Crippen LogP contribution is 2.36. The van der Waals surface area contributed by atoms with Gasteiger partial charge in [-0.05, 0) is 43.4 Å². The van der Waals surface area contributed by atoms with Crippen molar-refractivity contribution in [3.8, 4) is 0 Å². The van der Waals surface area contributed by atoms with Crippen molar-refractivity contribution < 1.29 is 0 Å². The first-order valence-electron chi connectivity index (χ1n) is 6.94. The molecule has 2 aliphatic rings. The van der Waals surface area contributed by atoms with Crippen LogP contribution in [-0.2, 0) is 6.54 Å². The molecule has 2 unspecified atom stereocenters. The van der Waals surface area contributed by atoms with E-state index in [4.69, 9.17) is 11.6 Å². The topological polar surface area (TPSA) is 15.3 Å². The van der Waals surface area contributed by atoms with E-state index in [1.54, 1.807) is 0 Å². The van der Waals surface area contributed by atoms with Gasteiger partial charge in [-0.3, -0.25) is 4.90 Å². The summed E-state index contributed by atoms with van der Waals surface area (Å²) in [5, 5.41) is 4.44. The van der Waals surface area contributed by atoms with Gasteiger partial charge < -0.3 is 5.32 Å². The molecule has 18 heavy (non-hydrogen) atoms.